The monoisotopic (exact) mass is 1350 g/mol. The lowest BCUT2D eigenvalue weighted by atomic mass is 10.0. The van der Waals surface area contributed by atoms with Crippen LogP contribution in [0.5, 0.6) is 11.5 Å². The first-order valence-corrected chi connectivity index (χ1v) is 31.2. The minimum atomic E-state index is -1.72. The Morgan fingerprint density at radius 3 is 1.15 bits per heavy atom. The molecule has 9 atom stereocenters. The van der Waals surface area contributed by atoms with Gasteiger partial charge in [-0.15, -0.1) is 0 Å². The van der Waals surface area contributed by atoms with Crippen molar-refractivity contribution in [2.75, 3.05) is 39.3 Å². The third-order valence-corrected chi connectivity index (χ3v) is 15.1. The maximum atomic E-state index is 14.2. The number of aromatic hydroxyl groups is 2. The summed E-state index contributed by atoms with van der Waals surface area (Å²) in [5.41, 5.74) is 11.6. The molecule has 36 nitrogen and oxygen atoms in total. The molecule has 3 unspecified atom stereocenters. The first-order chi connectivity index (χ1) is 45.6. The summed E-state index contributed by atoms with van der Waals surface area (Å²) in [5, 5.41) is 89.2. The van der Waals surface area contributed by atoms with E-state index in [2.05, 4.69) is 74.4 Å². The average Bonchev–Trinajstić information content (AvgIpc) is 1.30. The van der Waals surface area contributed by atoms with Crippen molar-refractivity contribution in [2.45, 2.75) is 158 Å². The second-order valence-corrected chi connectivity index (χ2v) is 23.0. The third kappa shape index (κ3) is 29.4. The Kier molecular flexibility index (Phi) is 32.6. The van der Waals surface area contributed by atoms with Gasteiger partial charge in [0.2, 0.25) is 70.9 Å². The molecular formula is C60H88N18O18. The molecule has 2 aliphatic rings. The van der Waals surface area contributed by atoms with Crippen molar-refractivity contribution < 1.29 is 87.5 Å². The maximum Gasteiger partial charge on any atom is 0.305 e. The zero-order valence-corrected chi connectivity index (χ0v) is 53.0. The molecule has 2 aliphatic heterocycles. The number of phenols is 2. The molecule has 96 heavy (non-hydrogen) atoms. The van der Waals surface area contributed by atoms with Gasteiger partial charge in [0.25, 0.3) is 0 Å². The van der Waals surface area contributed by atoms with Gasteiger partial charge in [-0.2, -0.15) is 0 Å². The van der Waals surface area contributed by atoms with E-state index in [1.54, 1.807) is 6.92 Å². The first-order valence-electron chi connectivity index (χ1n) is 31.2. The van der Waals surface area contributed by atoms with Gasteiger partial charge in [-0.25, -0.2) is 0 Å². The van der Waals surface area contributed by atoms with Gasteiger partial charge in [0, 0.05) is 51.4 Å². The van der Waals surface area contributed by atoms with Crippen LogP contribution in [-0.4, -0.2) is 203 Å². The predicted molar refractivity (Wildman–Crippen MR) is 340 cm³/mol. The highest BCUT2D eigenvalue weighted by molar-refractivity contribution is 6.00. The summed E-state index contributed by atoms with van der Waals surface area (Å²) in [4.78, 5) is 187. The number of carbonyl (C=O) groups is 14. The molecule has 2 fully saturated rings. The number of unbranched alkanes of at least 4 members (excludes halogenated alkanes) is 2. The fourth-order valence-electron chi connectivity index (χ4n) is 9.89. The molecule has 526 valence electrons. The molecular weight excluding hydrogens is 1260 g/mol. The second kappa shape index (κ2) is 40.3. The standard InChI is InChI=1S/C60H88N18O18/c1-32(50(88)66-23-5-3-9-40-56(94)76-42(27-34-15-19-36(80)20-16-34)58(96)78-44(29-49(86)87)52(90)70-31-47(83)72-38(54(92)74-40)11-7-25-68-60(63)64)12-21-45(81)65-22-4-2-8-39-55(93)75-41(26-33-13-17-35(79)18-14-33)57(95)77-43(28-48(84)85)51(89)69-30-46(82)71-37(53(91)73-39)10-6-24-67-59(61)62/h13-20,32,37-44,79-80H,2-12,21-31H2,1H3,(H,65,81)(H,66,88)(H,69,89)(H,70,90)(H,71,82)(H,72,83)(H,73,91)(H,74,92)(H,75,93)(H,76,94)(H,77,95)(H,78,96)(H,84,85)(H,86,87)(H4,61,62,67)(H4,63,64,68)/t32?,37-,38-,39?,40?,41+,42+,43-,44-/m1/s1. The van der Waals surface area contributed by atoms with Crippen molar-refractivity contribution in [3.05, 3.63) is 59.7 Å². The van der Waals surface area contributed by atoms with Crippen LogP contribution in [0.1, 0.15) is 108 Å². The molecule has 36 heteroatoms. The van der Waals surface area contributed by atoms with Crippen molar-refractivity contribution in [1.82, 2.24) is 74.4 Å². The Labute approximate surface area is 551 Å². The summed E-state index contributed by atoms with van der Waals surface area (Å²) >= 11 is 0. The summed E-state index contributed by atoms with van der Waals surface area (Å²) in [5.74, 6) is -14.7. The van der Waals surface area contributed by atoms with Gasteiger partial charge in [0.15, 0.2) is 11.9 Å². The number of nitrogens with one attached hydrogen (secondary N) is 16. The number of carboxylic acids is 2. The SMILES string of the molecule is CC(CCC(=O)NCCCCC1NC(=O)[C@@H](CCCNC(=N)N)NC(=O)CNC(=O)[C@@H](CC(=O)O)NC(=O)[C@H](Cc2ccc(O)cc2)NC1=O)C(=O)NCCCCC1NC(=O)[C@@H](CCCNC(=N)N)NC(=O)CNC(=O)[C@@H](CC(=O)O)NC(=O)[C@H](Cc2ccc(O)cc2)NC1=O. The van der Waals surface area contributed by atoms with E-state index in [9.17, 15) is 87.5 Å². The molecule has 2 saturated heterocycles. The molecule has 0 aromatic heterocycles. The number of hydrogen-bond donors (Lipinski definition) is 22. The number of amides is 12. The van der Waals surface area contributed by atoms with Gasteiger partial charge < -0.3 is 106 Å². The Hall–Kier alpha value is -10.8. The third-order valence-electron chi connectivity index (χ3n) is 15.1. The average molecular weight is 1350 g/mol. The van der Waals surface area contributed by atoms with Crippen LogP contribution in [0.15, 0.2) is 48.5 Å². The van der Waals surface area contributed by atoms with E-state index in [1.807, 2.05) is 0 Å². The van der Waals surface area contributed by atoms with Crippen LogP contribution in [0, 0.1) is 16.7 Å². The normalized spacial score (nSPS) is 21.3. The molecule has 4 rings (SSSR count). The molecule has 0 bridgehead atoms. The van der Waals surface area contributed by atoms with Crippen LogP contribution in [0.2, 0.25) is 0 Å². The lowest BCUT2D eigenvalue weighted by Gasteiger charge is -2.26. The number of benzene rings is 2. The van der Waals surface area contributed by atoms with E-state index in [1.165, 1.54) is 48.5 Å². The zero-order valence-electron chi connectivity index (χ0n) is 53.0. The Bertz CT molecular complexity index is 3100. The molecule has 2 heterocycles. The highest BCUT2D eigenvalue weighted by atomic mass is 16.4. The Morgan fingerprint density at radius 1 is 0.448 bits per heavy atom. The number of nitrogens with two attached hydrogens (primary N) is 2. The van der Waals surface area contributed by atoms with Gasteiger partial charge in [-0.05, 0) is 106 Å². The highest BCUT2D eigenvalue weighted by Gasteiger charge is 2.36. The summed E-state index contributed by atoms with van der Waals surface area (Å²) in [6.45, 7) is 0.489. The van der Waals surface area contributed by atoms with E-state index in [0.29, 0.717) is 11.1 Å². The molecule has 12 amide bonds. The molecule has 2 aromatic rings. The van der Waals surface area contributed by atoms with E-state index < -0.39 is 163 Å². The van der Waals surface area contributed by atoms with Crippen molar-refractivity contribution in [3.8, 4) is 11.5 Å². The number of guanidine groups is 2. The van der Waals surface area contributed by atoms with Crippen LogP contribution in [0.25, 0.3) is 0 Å². The van der Waals surface area contributed by atoms with Crippen LogP contribution in [0.3, 0.4) is 0 Å². The topological polar surface area (TPSA) is 588 Å². The number of rotatable bonds is 30. The largest absolute Gasteiger partial charge is 0.508 e. The molecule has 0 saturated carbocycles. The summed E-state index contributed by atoms with van der Waals surface area (Å²) < 4.78 is 0. The van der Waals surface area contributed by atoms with Crippen LogP contribution in [-0.2, 0) is 80.0 Å². The number of carboxylic acid groups (broad SMARTS) is 2. The summed E-state index contributed by atoms with van der Waals surface area (Å²) in [6.07, 6.45) is -1.36. The van der Waals surface area contributed by atoms with Gasteiger partial charge >= 0.3 is 11.9 Å². The van der Waals surface area contributed by atoms with E-state index in [0.717, 1.165) is 0 Å². The van der Waals surface area contributed by atoms with Gasteiger partial charge in [-0.1, -0.05) is 31.2 Å². The van der Waals surface area contributed by atoms with Crippen molar-refractivity contribution in [1.29, 1.82) is 10.8 Å². The van der Waals surface area contributed by atoms with Crippen LogP contribution in [0.4, 0.5) is 0 Å². The highest BCUT2D eigenvalue weighted by Crippen LogP contribution is 2.16. The van der Waals surface area contributed by atoms with E-state index in [4.69, 9.17) is 22.3 Å². The second-order valence-electron chi connectivity index (χ2n) is 23.0. The van der Waals surface area contributed by atoms with Crippen molar-refractivity contribution in [3.63, 3.8) is 0 Å². The van der Waals surface area contributed by atoms with E-state index in [-0.39, 0.29) is 139 Å². The minimum absolute atomic E-state index is 0.0528. The van der Waals surface area contributed by atoms with Crippen LogP contribution >= 0.6 is 0 Å². The first kappa shape index (κ1) is 77.6. The fourth-order valence-corrected chi connectivity index (χ4v) is 9.89. The number of aliphatic carboxylic acids is 2. The number of hydrogen-bond acceptors (Lipinski definition) is 18. The molecule has 0 spiro atoms. The van der Waals surface area contributed by atoms with Gasteiger partial charge in [0.1, 0.15) is 59.8 Å². The van der Waals surface area contributed by atoms with Gasteiger partial charge in [0.05, 0.1) is 25.9 Å². The lowest BCUT2D eigenvalue weighted by Crippen LogP contribution is -2.58. The minimum Gasteiger partial charge on any atom is -0.508 e. The number of phenolic OH excluding ortho intramolecular Hbond substituents is 2. The fraction of sp³-hybridized carbons (Fsp3) is 0.533. The summed E-state index contributed by atoms with van der Waals surface area (Å²) in [6, 6.07) is -0.624. The van der Waals surface area contributed by atoms with Crippen molar-refractivity contribution >= 4 is 94.7 Å². The summed E-state index contributed by atoms with van der Waals surface area (Å²) in [7, 11) is 0. The van der Waals surface area contributed by atoms with Gasteiger partial charge in [-0.3, -0.25) is 77.9 Å². The molecule has 24 N–H and O–H groups in total. The number of carbonyl (C=O) groups excluding carboxylic acids is 12. The molecule has 0 aliphatic carbocycles. The van der Waals surface area contributed by atoms with E-state index >= 15 is 0 Å². The van der Waals surface area contributed by atoms with Crippen molar-refractivity contribution in [2.24, 2.45) is 17.4 Å². The quantitative estimate of drug-likeness (QED) is 0.0197. The molecule has 2 aromatic carbocycles. The van der Waals surface area contributed by atoms with Crippen LogP contribution < -0.4 is 85.9 Å². The lowest BCUT2D eigenvalue weighted by molar-refractivity contribution is -0.141. The Morgan fingerprint density at radius 2 is 0.771 bits per heavy atom. The predicted octanol–water partition coefficient (Wildman–Crippen LogP) is -5.51. The molecule has 0 radical (unpaired) electrons. The smallest absolute Gasteiger partial charge is 0.305 e. The maximum absolute atomic E-state index is 14.2. The Balaban J connectivity index is 1.40. The zero-order chi connectivity index (χ0) is 70.9.